The van der Waals surface area contributed by atoms with Crippen molar-refractivity contribution in [3.05, 3.63) is 71.3 Å². The van der Waals surface area contributed by atoms with Crippen LogP contribution >= 0.6 is 0 Å². The van der Waals surface area contributed by atoms with E-state index < -0.39 is 5.34 Å². The SMILES string of the molecule is [B]C12[B]c3cc(-c4ccnc5nn(C)cc45)cc(C4CC4)c3CN1C(=O)c1cccnc12. The molecule has 151 valence electrons. The van der Waals surface area contributed by atoms with E-state index in [2.05, 4.69) is 27.2 Å². The molecule has 4 aromatic rings. The van der Waals surface area contributed by atoms with Crippen LogP contribution in [-0.2, 0) is 18.9 Å². The van der Waals surface area contributed by atoms with E-state index in [4.69, 9.17) is 7.85 Å². The molecule has 1 unspecified atom stereocenters. The Hall–Kier alpha value is -3.41. The highest BCUT2D eigenvalue weighted by Gasteiger charge is 2.50. The average Bonchev–Trinajstić information content (AvgIpc) is 3.53. The number of fused-ring (bicyclic) bond motifs is 5. The van der Waals surface area contributed by atoms with Gasteiger partial charge in [-0.2, -0.15) is 5.10 Å². The Morgan fingerprint density at radius 1 is 1.16 bits per heavy atom. The van der Waals surface area contributed by atoms with Crippen LogP contribution in [0.5, 0.6) is 0 Å². The number of amides is 1. The first-order valence-electron chi connectivity index (χ1n) is 10.9. The van der Waals surface area contributed by atoms with Gasteiger partial charge in [0.25, 0.3) is 5.91 Å². The molecule has 1 aromatic carbocycles. The first-order valence-corrected chi connectivity index (χ1v) is 10.9. The first kappa shape index (κ1) is 18.2. The zero-order chi connectivity index (χ0) is 21.6. The molecule has 0 spiro atoms. The monoisotopic (exact) mass is 414 g/mol. The van der Waals surface area contributed by atoms with Gasteiger partial charge in [-0.15, -0.1) is 0 Å². The predicted molar refractivity (Wildman–Crippen MR) is 123 cm³/mol. The molecule has 1 fully saturated rings. The van der Waals surface area contributed by atoms with Crippen LogP contribution in [0.25, 0.3) is 22.2 Å². The highest BCUT2D eigenvalue weighted by molar-refractivity contribution is 6.67. The molecule has 3 aliphatic rings. The van der Waals surface area contributed by atoms with Gasteiger partial charge in [0.05, 0.1) is 11.3 Å². The number of pyridine rings is 2. The molecular formula is C24H18B2N5O. The van der Waals surface area contributed by atoms with Crippen LogP contribution < -0.4 is 5.46 Å². The lowest BCUT2D eigenvalue weighted by atomic mass is 9.41. The molecule has 3 radical (unpaired) electrons. The molecule has 5 heterocycles. The topological polar surface area (TPSA) is 63.9 Å². The van der Waals surface area contributed by atoms with E-state index in [1.54, 1.807) is 21.8 Å². The second kappa shape index (κ2) is 6.09. The number of hydrogen-bond acceptors (Lipinski definition) is 4. The van der Waals surface area contributed by atoms with Crippen molar-refractivity contribution >= 4 is 37.5 Å². The van der Waals surface area contributed by atoms with Crippen LogP contribution in [0.15, 0.2) is 48.9 Å². The number of aromatic nitrogens is 4. The van der Waals surface area contributed by atoms with E-state index in [1.165, 1.54) is 24.0 Å². The molecule has 1 atom stereocenters. The molecule has 0 saturated heterocycles. The smallest absolute Gasteiger partial charge is 0.255 e. The fourth-order valence-corrected chi connectivity index (χ4v) is 5.31. The third kappa shape index (κ3) is 2.38. The van der Waals surface area contributed by atoms with Crippen molar-refractivity contribution in [3.63, 3.8) is 0 Å². The summed E-state index contributed by atoms with van der Waals surface area (Å²) in [7, 11) is 10.8. The van der Waals surface area contributed by atoms with E-state index in [0.717, 1.165) is 27.6 Å². The van der Waals surface area contributed by atoms with Crippen LogP contribution in [0.1, 0.15) is 45.9 Å². The maximum Gasteiger partial charge on any atom is 0.255 e. The van der Waals surface area contributed by atoms with E-state index in [-0.39, 0.29) is 5.91 Å². The molecule has 6 nitrogen and oxygen atoms in total. The van der Waals surface area contributed by atoms with E-state index in [9.17, 15) is 4.79 Å². The number of benzene rings is 1. The van der Waals surface area contributed by atoms with E-state index >= 15 is 0 Å². The summed E-state index contributed by atoms with van der Waals surface area (Å²) in [6.45, 7) is 0.502. The minimum atomic E-state index is -1.03. The van der Waals surface area contributed by atoms with Crippen LogP contribution in [0.2, 0.25) is 0 Å². The number of nitrogens with zero attached hydrogens (tertiary/aromatic N) is 5. The lowest BCUT2D eigenvalue weighted by Crippen LogP contribution is -2.57. The van der Waals surface area contributed by atoms with Crippen molar-refractivity contribution in [2.75, 3.05) is 0 Å². The summed E-state index contributed by atoms with van der Waals surface area (Å²) in [6, 6.07) is 10.1. The van der Waals surface area contributed by atoms with Crippen molar-refractivity contribution in [1.82, 2.24) is 24.6 Å². The Kier molecular flexibility index (Phi) is 3.46. The second-order valence-corrected chi connectivity index (χ2v) is 9.07. The molecule has 2 aliphatic heterocycles. The van der Waals surface area contributed by atoms with Gasteiger partial charge < -0.3 is 4.90 Å². The van der Waals surface area contributed by atoms with Gasteiger partial charge in [0.15, 0.2) is 12.9 Å². The summed E-state index contributed by atoms with van der Waals surface area (Å²) in [5, 5.41) is 4.47. The van der Waals surface area contributed by atoms with Crippen molar-refractivity contribution in [2.45, 2.75) is 30.6 Å². The Labute approximate surface area is 187 Å². The summed E-state index contributed by atoms with van der Waals surface area (Å²) in [6.07, 6.45) is 7.89. The molecule has 3 aromatic heterocycles. The van der Waals surface area contributed by atoms with Gasteiger partial charge in [-0.1, -0.05) is 17.6 Å². The van der Waals surface area contributed by atoms with E-state index in [1.807, 2.05) is 38.9 Å². The van der Waals surface area contributed by atoms with Crippen LogP contribution in [0, 0.1) is 0 Å². The summed E-state index contributed by atoms with van der Waals surface area (Å²) < 4.78 is 1.80. The molecule has 1 saturated carbocycles. The maximum atomic E-state index is 13.1. The highest BCUT2D eigenvalue weighted by atomic mass is 16.2. The van der Waals surface area contributed by atoms with Gasteiger partial charge in [-0.25, -0.2) is 4.98 Å². The zero-order valence-electron chi connectivity index (χ0n) is 17.6. The highest BCUT2D eigenvalue weighted by Crippen LogP contribution is 2.46. The minimum absolute atomic E-state index is 0.0467. The van der Waals surface area contributed by atoms with Gasteiger partial charge >= 0.3 is 0 Å². The molecule has 0 N–H and O–H groups in total. The lowest BCUT2D eigenvalue weighted by Gasteiger charge is -2.41. The van der Waals surface area contributed by atoms with Gasteiger partial charge in [0.1, 0.15) is 7.85 Å². The molecule has 8 heteroatoms. The fourth-order valence-electron chi connectivity index (χ4n) is 5.31. The van der Waals surface area contributed by atoms with Crippen LogP contribution in [0.3, 0.4) is 0 Å². The van der Waals surface area contributed by atoms with Crippen molar-refractivity contribution in [3.8, 4) is 11.1 Å². The van der Waals surface area contributed by atoms with Gasteiger partial charge in [0, 0.05) is 42.9 Å². The number of carbonyl (C=O) groups is 1. The molecule has 1 amide bonds. The molecular weight excluding hydrogens is 396 g/mol. The average molecular weight is 414 g/mol. The number of aryl methyl sites for hydroxylation is 1. The summed E-state index contributed by atoms with van der Waals surface area (Å²) in [4.78, 5) is 23.8. The van der Waals surface area contributed by atoms with Gasteiger partial charge in [-0.3, -0.25) is 14.5 Å². The zero-order valence-corrected chi connectivity index (χ0v) is 17.6. The first-order chi connectivity index (χ1) is 15.5. The largest absolute Gasteiger partial charge is 0.339 e. The van der Waals surface area contributed by atoms with Crippen molar-refractivity contribution in [1.29, 1.82) is 0 Å². The normalized spacial score (nSPS) is 21.3. The fraction of sp³-hybridized carbons (Fsp3) is 0.250. The maximum absolute atomic E-state index is 13.1. The standard InChI is InChI=1S/C24H18B2N5O/c1-30-11-19-15(6-8-28-22(19)29-30)14-9-17(13-4-5-13)18-12-31-23(32)16-3-2-7-27-21(16)24(31,25)26-20(18)10-14/h2-3,6-11,13H,4-5,12H2,1H3. The third-order valence-corrected chi connectivity index (χ3v) is 6.99. The Morgan fingerprint density at radius 2 is 2.03 bits per heavy atom. The second-order valence-electron chi connectivity index (χ2n) is 9.07. The Balaban J connectivity index is 1.43. The third-order valence-electron chi connectivity index (χ3n) is 6.99. The minimum Gasteiger partial charge on any atom is -0.339 e. The van der Waals surface area contributed by atoms with E-state index in [0.29, 0.717) is 23.7 Å². The molecule has 32 heavy (non-hydrogen) atoms. The quantitative estimate of drug-likeness (QED) is 0.472. The number of hydrogen-bond donors (Lipinski definition) is 0. The van der Waals surface area contributed by atoms with Crippen molar-refractivity contribution < 1.29 is 4.79 Å². The summed E-state index contributed by atoms with van der Waals surface area (Å²) in [5.74, 6) is 0.487. The van der Waals surface area contributed by atoms with Crippen LogP contribution in [0.4, 0.5) is 0 Å². The van der Waals surface area contributed by atoms with Gasteiger partial charge in [-0.05, 0) is 59.2 Å². The number of carbonyl (C=O) groups excluding carboxylic acids is 1. The van der Waals surface area contributed by atoms with Crippen molar-refractivity contribution in [2.24, 2.45) is 7.05 Å². The summed E-state index contributed by atoms with van der Waals surface area (Å²) in [5.41, 5.74) is 7.81. The molecule has 0 bridgehead atoms. The Morgan fingerprint density at radius 3 is 2.88 bits per heavy atom. The van der Waals surface area contributed by atoms with Crippen LogP contribution in [-0.4, -0.2) is 45.7 Å². The summed E-state index contributed by atoms with van der Waals surface area (Å²) >= 11 is 0. The molecule has 1 aliphatic carbocycles. The molecule has 7 rings (SSSR count). The number of rotatable bonds is 2. The lowest BCUT2D eigenvalue weighted by molar-refractivity contribution is 0.0725. The Bertz CT molecular complexity index is 1460. The van der Waals surface area contributed by atoms with Gasteiger partial charge in [0.2, 0.25) is 0 Å². The predicted octanol–water partition coefficient (Wildman–Crippen LogP) is 2.19.